The van der Waals surface area contributed by atoms with E-state index in [1.54, 1.807) is 12.3 Å². The first-order chi connectivity index (χ1) is 10.1. The maximum absolute atomic E-state index is 12.0. The summed E-state index contributed by atoms with van der Waals surface area (Å²) in [6.45, 7) is 4.05. The third-order valence-corrected chi connectivity index (χ3v) is 3.74. The van der Waals surface area contributed by atoms with E-state index in [-0.39, 0.29) is 5.56 Å². The molecule has 1 aromatic heterocycles. The highest BCUT2D eigenvalue weighted by Crippen LogP contribution is 2.15. The maximum atomic E-state index is 12.0. The van der Waals surface area contributed by atoms with Gasteiger partial charge in [0.25, 0.3) is 5.56 Å². The lowest BCUT2D eigenvalue weighted by atomic mass is 10.3. The van der Waals surface area contributed by atoms with Crippen molar-refractivity contribution in [3.8, 4) is 0 Å². The molecule has 0 fully saturated rings. The van der Waals surface area contributed by atoms with Crippen LogP contribution in [0.1, 0.15) is 6.92 Å². The number of nitrogens with one attached hydrogen (secondary N) is 1. The molecule has 0 amide bonds. The van der Waals surface area contributed by atoms with Crippen molar-refractivity contribution in [2.24, 2.45) is 0 Å². The van der Waals surface area contributed by atoms with Gasteiger partial charge in [0.1, 0.15) is 0 Å². The summed E-state index contributed by atoms with van der Waals surface area (Å²) in [7, 11) is 1.94. The van der Waals surface area contributed by atoms with Gasteiger partial charge in [0, 0.05) is 36.4 Å². The predicted molar refractivity (Wildman–Crippen MR) is 90.1 cm³/mol. The average molecular weight is 351 g/mol. The molecule has 0 aliphatic heterocycles. The largest absolute Gasteiger partial charge is 0.383 e. The molecule has 1 heterocycles. The zero-order chi connectivity index (χ0) is 15.2. The molecule has 0 aliphatic rings. The highest BCUT2D eigenvalue weighted by molar-refractivity contribution is 9.10. The quantitative estimate of drug-likeness (QED) is 0.869. The lowest BCUT2D eigenvalue weighted by Crippen LogP contribution is -2.27. The van der Waals surface area contributed by atoms with Gasteiger partial charge < -0.3 is 10.2 Å². The molecule has 0 saturated heterocycles. The van der Waals surface area contributed by atoms with Gasteiger partial charge in [-0.2, -0.15) is 5.10 Å². The topological polar surface area (TPSA) is 50.2 Å². The standard InChI is InChI=1S/C15H19BrN4O/c1-3-19(2)14-10-15(21)20(18-11-14)8-7-17-13-6-4-5-12(16)9-13/h4-6,9-11,17H,3,7-8H2,1-2H3. The van der Waals surface area contributed by atoms with Gasteiger partial charge >= 0.3 is 0 Å². The second-order valence-corrected chi connectivity index (χ2v) is 5.64. The van der Waals surface area contributed by atoms with Gasteiger partial charge in [-0.05, 0) is 25.1 Å². The van der Waals surface area contributed by atoms with Crippen LogP contribution in [0.2, 0.25) is 0 Å². The van der Waals surface area contributed by atoms with Crippen LogP contribution in [0.4, 0.5) is 11.4 Å². The van der Waals surface area contributed by atoms with Gasteiger partial charge in [-0.25, -0.2) is 4.68 Å². The molecule has 5 nitrogen and oxygen atoms in total. The minimum Gasteiger partial charge on any atom is -0.383 e. The molecule has 6 heteroatoms. The number of hydrogen-bond acceptors (Lipinski definition) is 4. The van der Waals surface area contributed by atoms with Crippen LogP contribution >= 0.6 is 15.9 Å². The van der Waals surface area contributed by atoms with Crippen molar-refractivity contribution in [3.05, 3.63) is 51.4 Å². The van der Waals surface area contributed by atoms with Crippen LogP contribution in [0.15, 0.2) is 45.8 Å². The number of halogens is 1. The predicted octanol–water partition coefficient (Wildman–Crippen LogP) is 2.57. The summed E-state index contributed by atoms with van der Waals surface area (Å²) < 4.78 is 2.49. The first-order valence-electron chi connectivity index (χ1n) is 6.88. The van der Waals surface area contributed by atoms with Gasteiger partial charge in [0.15, 0.2) is 0 Å². The molecule has 2 rings (SSSR count). The normalized spacial score (nSPS) is 10.4. The molecule has 0 radical (unpaired) electrons. The van der Waals surface area contributed by atoms with Crippen LogP contribution in [0, 0.1) is 0 Å². The average Bonchev–Trinajstić information content (AvgIpc) is 2.48. The van der Waals surface area contributed by atoms with E-state index >= 15 is 0 Å². The fourth-order valence-corrected chi connectivity index (χ4v) is 2.29. The van der Waals surface area contributed by atoms with Gasteiger partial charge in [-0.3, -0.25) is 4.79 Å². The van der Waals surface area contributed by atoms with Gasteiger partial charge in [-0.15, -0.1) is 0 Å². The Balaban J connectivity index is 1.96. The Labute approximate surface area is 132 Å². The Bertz CT molecular complexity index is 656. The minimum atomic E-state index is -0.0798. The number of anilines is 2. The van der Waals surface area contributed by atoms with E-state index in [1.165, 1.54) is 4.68 Å². The second-order valence-electron chi connectivity index (χ2n) is 4.73. The van der Waals surface area contributed by atoms with Crippen LogP contribution in [-0.2, 0) is 6.54 Å². The Morgan fingerprint density at radius 3 is 2.86 bits per heavy atom. The minimum absolute atomic E-state index is 0.0798. The fourth-order valence-electron chi connectivity index (χ4n) is 1.89. The van der Waals surface area contributed by atoms with E-state index in [2.05, 4.69) is 26.3 Å². The van der Waals surface area contributed by atoms with Crippen molar-refractivity contribution >= 4 is 27.3 Å². The molecule has 21 heavy (non-hydrogen) atoms. The van der Waals surface area contributed by atoms with Crippen LogP contribution in [-0.4, -0.2) is 29.9 Å². The molecule has 2 aromatic rings. The summed E-state index contributed by atoms with van der Waals surface area (Å²) in [6, 6.07) is 9.54. The van der Waals surface area contributed by atoms with E-state index in [0.717, 1.165) is 22.4 Å². The molecular weight excluding hydrogens is 332 g/mol. The zero-order valence-electron chi connectivity index (χ0n) is 12.2. The highest BCUT2D eigenvalue weighted by Gasteiger charge is 2.03. The van der Waals surface area contributed by atoms with Crippen molar-refractivity contribution in [2.75, 3.05) is 30.4 Å². The highest BCUT2D eigenvalue weighted by atomic mass is 79.9. The molecule has 0 spiro atoms. The summed E-state index contributed by atoms with van der Waals surface area (Å²) >= 11 is 3.43. The van der Waals surface area contributed by atoms with Crippen LogP contribution < -0.4 is 15.8 Å². The van der Waals surface area contributed by atoms with E-state index in [0.29, 0.717) is 13.1 Å². The lowest BCUT2D eigenvalue weighted by molar-refractivity contribution is 0.597. The summed E-state index contributed by atoms with van der Waals surface area (Å²) in [6.07, 6.45) is 1.73. The Morgan fingerprint density at radius 2 is 2.19 bits per heavy atom. The molecule has 1 aromatic carbocycles. The van der Waals surface area contributed by atoms with Gasteiger partial charge in [0.05, 0.1) is 18.4 Å². The lowest BCUT2D eigenvalue weighted by Gasteiger charge is -2.16. The Kier molecular flexibility index (Phi) is 5.38. The summed E-state index contributed by atoms with van der Waals surface area (Å²) in [5.74, 6) is 0. The monoisotopic (exact) mass is 350 g/mol. The number of rotatable bonds is 6. The fraction of sp³-hybridized carbons (Fsp3) is 0.333. The van der Waals surface area contributed by atoms with Crippen molar-refractivity contribution in [2.45, 2.75) is 13.5 Å². The zero-order valence-corrected chi connectivity index (χ0v) is 13.8. The summed E-state index contributed by atoms with van der Waals surface area (Å²) in [5.41, 5.74) is 1.78. The molecule has 0 bridgehead atoms. The Hall–Kier alpha value is -1.82. The SMILES string of the molecule is CCN(C)c1cnn(CCNc2cccc(Br)c2)c(=O)c1. The van der Waals surface area contributed by atoms with Gasteiger partial charge in [0.2, 0.25) is 0 Å². The molecular formula is C15H19BrN4O. The third kappa shape index (κ3) is 4.32. The van der Waals surface area contributed by atoms with E-state index < -0.39 is 0 Å². The number of aromatic nitrogens is 2. The maximum Gasteiger partial charge on any atom is 0.268 e. The first kappa shape index (κ1) is 15.6. The van der Waals surface area contributed by atoms with Crippen molar-refractivity contribution in [1.82, 2.24) is 9.78 Å². The third-order valence-electron chi connectivity index (χ3n) is 3.25. The molecule has 0 saturated carbocycles. The van der Waals surface area contributed by atoms with E-state index in [9.17, 15) is 4.79 Å². The molecule has 1 N–H and O–H groups in total. The van der Waals surface area contributed by atoms with Crippen molar-refractivity contribution < 1.29 is 0 Å². The van der Waals surface area contributed by atoms with Crippen molar-refractivity contribution in [3.63, 3.8) is 0 Å². The first-order valence-corrected chi connectivity index (χ1v) is 7.67. The van der Waals surface area contributed by atoms with Crippen LogP contribution in [0.25, 0.3) is 0 Å². The van der Waals surface area contributed by atoms with Crippen molar-refractivity contribution in [1.29, 1.82) is 0 Å². The molecule has 112 valence electrons. The van der Waals surface area contributed by atoms with Crippen LogP contribution in [0.5, 0.6) is 0 Å². The molecule has 0 aliphatic carbocycles. The number of benzene rings is 1. The summed E-state index contributed by atoms with van der Waals surface area (Å²) in [4.78, 5) is 14.0. The number of hydrogen-bond donors (Lipinski definition) is 1. The molecule has 0 unspecified atom stereocenters. The number of nitrogens with zero attached hydrogens (tertiary/aromatic N) is 3. The second kappa shape index (κ2) is 7.26. The summed E-state index contributed by atoms with van der Waals surface area (Å²) in [5, 5.41) is 7.48. The van der Waals surface area contributed by atoms with E-state index in [4.69, 9.17) is 0 Å². The van der Waals surface area contributed by atoms with E-state index in [1.807, 2.05) is 43.1 Å². The molecule has 0 atom stereocenters. The van der Waals surface area contributed by atoms with Crippen LogP contribution in [0.3, 0.4) is 0 Å². The smallest absolute Gasteiger partial charge is 0.268 e. The van der Waals surface area contributed by atoms with Gasteiger partial charge in [-0.1, -0.05) is 22.0 Å². The Morgan fingerprint density at radius 1 is 1.38 bits per heavy atom.